The number of benzene rings is 2. The maximum Gasteiger partial charge on any atom is 0.245 e. The molecule has 8 heteroatoms. The van der Waals surface area contributed by atoms with Gasteiger partial charge in [-0.15, -0.1) is 0 Å². The molecule has 0 unspecified atom stereocenters. The lowest BCUT2D eigenvalue weighted by atomic mass is 10.0. The molecule has 1 fully saturated rings. The van der Waals surface area contributed by atoms with Crippen molar-refractivity contribution in [1.82, 2.24) is 14.9 Å². The molecule has 0 saturated carbocycles. The van der Waals surface area contributed by atoms with E-state index in [-0.39, 0.29) is 17.7 Å². The maximum atomic E-state index is 11.9. The average molecular weight is 446 g/mol. The number of carbonyl (C=O) groups is 2. The molecule has 4 rings (SSSR count). The number of rotatable bonds is 7. The first-order valence-corrected chi connectivity index (χ1v) is 10.9. The monoisotopic (exact) mass is 445 g/mol. The molecule has 2 heterocycles. The number of fused-ring (bicyclic) bond motifs is 1. The molecule has 3 aromatic rings. The van der Waals surface area contributed by atoms with Gasteiger partial charge in [0.2, 0.25) is 5.91 Å². The zero-order valence-electron chi connectivity index (χ0n) is 18.8. The van der Waals surface area contributed by atoms with Crippen molar-refractivity contribution < 1.29 is 14.3 Å². The standard InChI is InChI=1S/C25H27N5O3/c1-4-24(32)30-10-8-18(9-11-30)28-22-13-20-21(14-23(22)33-3)26-15-27-25(20)29-19-7-5-6-17(12-19)16(2)31/h4-7,12-15,18,28H,1,8-11H2,2-3H3,(H,26,27,29). The van der Waals surface area contributed by atoms with Crippen LogP contribution in [-0.4, -0.2) is 52.8 Å². The maximum absolute atomic E-state index is 11.9. The van der Waals surface area contributed by atoms with Crippen molar-refractivity contribution in [3.05, 3.63) is 60.9 Å². The van der Waals surface area contributed by atoms with E-state index in [1.165, 1.54) is 12.4 Å². The summed E-state index contributed by atoms with van der Waals surface area (Å²) in [4.78, 5) is 34.2. The van der Waals surface area contributed by atoms with Crippen LogP contribution in [0.2, 0.25) is 0 Å². The SMILES string of the molecule is C=CC(=O)N1CCC(Nc2cc3c(Nc4cccc(C(C)=O)c4)ncnc3cc2OC)CC1. The summed E-state index contributed by atoms with van der Waals surface area (Å²) in [6.07, 6.45) is 4.52. The van der Waals surface area contributed by atoms with Gasteiger partial charge in [-0.3, -0.25) is 9.59 Å². The van der Waals surface area contributed by atoms with Gasteiger partial charge in [-0.1, -0.05) is 18.7 Å². The lowest BCUT2D eigenvalue weighted by Gasteiger charge is -2.32. The fourth-order valence-electron chi connectivity index (χ4n) is 4.01. The fourth-order valence-corrected chi connectivity index (χ4v) is 4.01. The number of methoxy groups -OCH3 is 1. The second kappa shape index (κ2) is 9.68. The smallest absolute Gasteiger partial charge is 0.245 e. The highest BCUT2D eigenvalue weighted by molar-refractivity contribution is 5.97. The predicted molar refractivity (Wildman–Crippen MR) is 129 cm³/mol. The first-order valence-electron chi connectivity index (χ1n) is 10.9. The van der Waals surface area contributed by atoms with Crippen LogP contribution in [0.4, 0.5) is 17.2 Å². The summed E-state index contributed by atoms with van der Waals surface area (Å²) in [5, 5.41) is 7.71. The third-order valence-electron chi connectivity index (χ3n) is 5.83. The highest BCUT2D eigenvalue weighted by Gasteiger charge is 2.22. The predicted octanol–water partition coefficient (Wildman–Crippen LogP) is 4.17. The van der Waals surface area contributed by atoms with Crippen LogP contribution in [0.15, 0.2) is 55.4 Å². The molecule has 33 heavy (non-hydrogen) atoms. The van der Waals surface area contributed by atoms with Crippen molar-refractivity contribution in [2.24, 2.45) is 0 Å². The van der Waals surface area contributed by atoms with E-state index in [1.807, 2.05) is 29.2 Å². The number of likely N-dealkylation sites (tertiary alicyclic amines) is 1. The van der Waals surface area contributed by atoms with Gasteiger partial charge in [-0.2, -0.15) is 0 Å². The number of ketones is 1. The molecule has 2 N–H and O–H groups in total. The Bertz CT molecular complexity index is 1200. The largest absolute Gasteiger partial charge is 0.495 e. The van der Waals surface area contributed by atoms with Gasteiger partial charge in [0, 0.05) is 41.8 Å². The number of carbonyl (C=O) groups excluding carboxylic acids is 2. The van der Waals surface area contributed by atoms with Crippen LogP contribution in [0.25, 0.3) is 10.9 Å². The molecule has 0 spiro atoms. The van der Waals surface area contributed by atoms with Crippen LogP contribution in [0.5, 0.6) is 5.75 Å². The Hall–Kier alpha value is -3.94. The molecule has 1 aromatic heterocycles. The van der Waals surface area contributed by atoms with Crippen LogP contribution in [0.1, 0.15) is 30.1 Å². The summed E-state index contributed by atoms with van der Waals surface area (Å²) in [7, 11) is 1.63. The van der Waals surface area contributed by atoms with Crippen LogP contribution in [0, 0.1) is 0 Å². The lowest BCUT2D eigenvalue weighted by Crippen LogP contribution is -2.41. The Balaban J connectivity index is 1.60. The minimum atomic E-state index is -0.0292. The van der Waals surface area contributed by atoms with Gasteiger partial charge in [-0.25, -0.2) is 9.97 Å². The highest BCUT2D eigenvalue weighted by atomic mass is 16.5. The molecular weight excluding hydrogens is 418 g/mol. The lowest BCUT2D eigenvalue weighted by molar-refractivity contribution is -0.126. The molecule has 170 valence electrons. The van der Waals surface area contributed by atoms with Crippen LogP contribution >= 0.6 is 0 Å². The van der Waals surface area contributed by atoms with E-state index in [4.69, 9.17) is 4.74 Å². The molecular formula is C25H27N5O3. The van der Waals surface area contributed by atoms with Crippen molar-refractivity contribution in [3.63, 3.8) is 0 Å². The number of piperidine rings is 1. The van der Waals surface area contributed by atoms with Crippen LogP contribution in [0.3, 0.4) is 0 Å². The van der Waals surface area contributed by atoms with Crippen LogP contribution < -0.4 is 15.4 Å². The van der Waals surface area contributed by atoms with Gasteiger partial charge in [0.25, 0.3) is 0 Å². The van der Waals surface area contributed by atoms with E-state index in [0.29, 0.717) is 30.2 Å². The second-order valence-electron chi connectivity index (χ2n) is 8.00. The van der Waals surface area contributed by atoms with Gasteiger partial charge in [0.15, 0.2) is 5.78 Å². The van der Waals surface area contributed by atoms with E-state index in [0.717, 1.165) is 35.1 Å². The Kier molecular flexibility index (Phi) is 6.53. The normalized spacial score (nSPS) is 14.1. The summed E-state index contributed by atoms with van der Waals surface area (Å²) < 4.78 is 5.61. The summed E-state index contributed by atoms with van der Waals surface area (Å²) in [5.74, 6) is 1.30. The van der Waals surface area contributed by atoms with Gasteiger partial charge in [0.1, 0.15) is 17.9 Å². The molecule has 0 radical (unpaired) electrons. The molecule has 0 atom stereocenters. The van der Waals surface area contributed by atoms with E-state index in [1.54, 1.807) is 26.2 Å². The number of amides is 1. The Morgan fingerprint density at radius 3 is 2.67 bits per heavy atom. The molecule has 1 aliphatic rings. The fraction of sp³-hybridized carbons (Fsp3) is 0.280. The van der Waals surface area contributed by atoms with Crippen molar-refractivity contribution in [2.45, 2.75) is 25.8 Å². The molecule has 1 aliphatic heterocycles. The molecule has 0 aliphatic carbocycles. The number of nitrogens with one attached hydrogen (secondary N) is 2. The Morgan fingerprint density at radius 1 is 1.18 bits per heavy atom. The van der Waals surface area contributed by atoms with Gasteiger partial charge in [0.05, 0.1) is 18.3 Å². The van der Waals surface area contributed by atoms with Crippen LogP contribution in [-0.2, 0) is 4.79 Å². The number of hydrogen-bond donors (Lipinski definition) is 2. The summed E-state index contributed by atoms with van der Waals surface area (Å²) >= 11 is 0. The van der Waals surface area contributed by atoms with E-state index in [2.05, 4.69) is 27.2 Å². The van der Waals surface area contributed by atoms with Gasteiger partial charge >= 0.3 is 0 Å². The zero-order valence-corrected chi connectivity index (χ0v) is 18.8. The quantitative estimate of drug-likeness (QED) is 0.416. The molecule has 1 saturated heterocycles. The average Bonchev–Trinajstić information content (AvgIpc) is 2.84. The first-order chi connectivity index (χ1) is 16.0. The van der Waals surface area contributed by atoms with Crippen molar-refractivity contribution in [1.29, 1.82) is 0 Å². The molecule has 8 nitrogen and oxygen atoms in total. The van der Waals surface area contributed by atoms with Gasteiger partial charge in [-0.05, 0) is 44.0 Å². The summed E-state index contributed by atoms with van der Waals surface area (Å²) in [5.41, 5.74) is 2.98. The summed E-state index contributed by atoms with van der Waals surface area (Å²) in [6.45, 7) is 6.47. The van der Waals surface area contributed by atoms with Crippen molar-refractivity contribution >= 4 is 39.8 Å². The first kappa shape index (κ1) is 22.3. The molecule has 0 bridgehead atoms. The van der Waals surface area contributed by atoms with Crippen molar-refractivity contribution in [3.8, 4) is 5.75 Å². The van der Waals surface area contributed by atoms with E-state index < -0.39 is 0 Å². The zero-order chi connectivity index (χ0) is 23.4. The number of hydrogen-bond acceptors (Lipinski definition) is 7. The minimum Gasteiger partial charge on any atom is -0.495 e. The third kappa shape index (κ3) is 4.95. The molecule has 1 amide bonds. The third-order valence-corrected chi connectivity index (χ3v) is 5.83. The number of ether oxygens (including phenoxy) is 1. The Morgan fingerprint density at radius 2 is 1.97 bits per heavy atom. The highest BCUT2D eigenvalue weighted by Crippen LogP contribution is 2.34. The number of Topliss-reactive ketones (excluding diaryl/α,β-unsaturated/α-hetero) is 1. The number of nitrogens with zero attached hydrogens (tertiary/aromatic N) is 3. The van der Waals surface area contributed by atoms with Gasteiger partial charge < -0.3 is 20.3 Å². The number of aromatic nitrogens is 2. The van der Waals surface area contributed by atoms with E-state index in [9.17, 15) is 9.59 Å². The molecule has 2 aromatic carbocycles. The summed E-state index contributed by atoms with van der Waals surface area (Å²) in [6, 6.07) is 11.4. The Labute approximate surface area is 192 Å². The second-order valence-corrected chi connectivity index (χ2v) is 8.00. The topological polar surface area (TPSA) is 96.5 Å². The van der Waals surface area contributed by atoms with E-state index >= 15 is 0 Å². The number of anilines is 3. The minimum absolute atomic E-state index is 0.00301. The van der Waals surface area contributed by atoms with Crippen molar-refractivity contribution in [2.75, 3.05) is 30.8 Å².